The van der Waals surface area contributed by atoms with Crippen molar-refractivity contribution in [1.29, 1.82) is 0 Å². The number of amides is 4. The first-order valence-electron chi connectivity index (χ1n) is 11.0. The maximum absolute atomic E-state index is 11.8. The summed E-state index contributed by atoms with van der Waals surface area (Å²) in [6.45, 7) is 6.78. The highest BCUT2D eigenvalue weighted by atomic mass is 16.4. The number of guanidine groups is 1. The molecule has 14 nitrogen and oxygen atoms in total. The summed E-state index contributed by atoms with van der Waals surface area (Å²) in [5, 5.41) is 13.3. The molecular weight excluding hydrogens is 484 g/mol. The number of aliphatic imine (C=N–C) groups is 1. The molecule has 11 N–H and O–H groups in total. The molecule has 0 bridgehead atoms. The molecule has 37 heavy (non-hydrogen) atoms. The van der Waals surface area contributed by atoms with E-state index in [0.29, 0.717) is 16.6 Å². The van der Waals surface area contributed by atoms with E-state index in [-0.39, 0.29) is 36.3 Å². The first-order chi connectivity index (χ1) is 17.3. The number of aromatic nitrogens is 1. The van der Waals surface area contributed by atoms with E-state index in [2.05, 4.69) is 26.3 Å². The van der Waals surface area contributed by atoms with Gasteiger partial charge in [-0.15, -0.1) is 0 Å². The molecule has 2 rings (SSSR count). The lowest BCUT2D eigenvalue weighted by Gasteiger charge is -2.12. The van der Waals surface area contributed by atoms with Crippen molar-refractivity contribution in [2.45, 2.75) is 40.5 Å². The van der Waals surface area contributed by atoms with E-state index < -0.39 is 17.8 Å². The van der Waals surface area contributed by atoms with E-state index in [4.69, 9.17) is 22.3 Å². The van der Waals surface area contributed by atoms with Crippen LogP contribution >= 0.6 is 0 Å². The van der Waals surface area contributed by atoms with Crippen molar-refractivity contribution in [3.05, 3.63) is 36.0 Å². The van der Waals surface area contributed by atoms with E-state index in [0.717, 1.165) is 13.0 Å². The number of fused-ring (bicyclic) bond motifs is 1. The summed E-state index contributed by atoms with van der Waals surface area (Å²) in [4.78, 5) is 60.6. The Hall–Kier alpha value is -4.75. The Bertz CT molecular complexity index is 1080. The SMILES string of the molecule is CC(=O)NCC(=O)Nc1c(C(N)=O)cnc2ccccc12.CC(N)=O.CCC(=O)O.CCCN=C(N)N. The minimum absolute atomic E-state index is 0.116. The smallest absolute Gasteiger partial charge is 0.303 e. The second-order valence-corrected chi connectivity index (χ2v) is 7.05. The van der Waals surface area contributed by atoms with E-state index in [9.17, 15) is 24.0 Å². The first kappa shape index (κ1) is 34.4. The van der Waals surface area contributed by atoms with E-state index in [1.165, 1.54) is 20.0 Å². The van der Waals surface area contributed by atoms with Gasteiger partial charge in [0.1, 0.15) is 0 Å². The number of nitrogens with zero attached hydrogens (tertiary/aromatic N) is 2. The number of para-hydroxylation sites is 1. The number of carboxylic acids is 1. The summed E-state index contributed by atoms with van der Waals surface area (Å²) in [5.74, 6) is -2.36. The number of rotatable bonds is 7. The number of carbonyl (C=O) groups is 5. The number of nitrogens with two attached hydrogens (primary N) is 4. The van der Waals surface area contributed by atoms with Gasteiger partial charge >= 0.3 is 5.97 Å². The monoisotopic (exact) mass is 520 g/mol. The number of carbonyl (C=O) groups excluding carboxylic acids is 4. The van der Waals surface area contributed by atoms with Crippen molar-refractivity contribution in [3.63, 3.8) is 0 Å². The van der Waals surface area contributed by atoms with Gasteiger partial charge in [-0.05, 0) is 12.5 Å². The Labute approximate surface area is 214 Å². The average molecular weight is 521 g/mol. The van der Waals surface area contributed by atoms with Gasteiger partial charge in [0.15, 0.2) is 5.96 Å². The maximum atomic E-state index is 11.8. The Balaban J connectivity index is 0. The summed E-state index contributed by atoms with van der Waals surface area (Å²) in [7, 11) is 0. The van der Waals surface area contributed by atoms with Crippen LogP contribution in [0.25, 0.3) is 10.9 Å². The van der Waals surface area contributed by atoms with Crippen LogP contribution in [0.1, 0.15) is 50.9 Å². The zero-order valence-electron chi connectivity index (χ0n) is 21.4. The molecule has 0 saturated heterocycles. The van der Waals surface area contributed by atoms with Gasteiger partial charge in [-0.3, -0.25) is 33.9 Å². The molecule has 204 valence electrons. The summed E-state index contributed by atoms with van der Waals surface area (Å²) < 4.78 is 0. The maximum Gasteiger partial charge on any atom is 0.303 e. The summed E-state index contributed by atoms with van der Waals surface area (Å²) in [5.41, 5.74) is 20.8. The van der Waals surface area contributed by atoms with Crippen molar-refractivity contribution in [3.8, 4) is 0 Å². The number of carboxylic acid groups (broad SMARTS) is 1. The van der Waals surface area contributed by atoms with Crippen LogP contribution in [-0.4, -0.2) is 58.7 Å². The molecule has 0 atom stereocenters. The fraction of sp³-hybridized carbons (Fsp3) is 0.348. The quantitative estimate of drug-likeness (QED) is 0.192. The number of hydrogen-bond acceptors (Lipinski definition) is 7. The number of anilines is 1. The lowest BCUT2D eigenvalue weighted by Crippen LogP contribution is -2.31. The van der Waals surface area contributed by atoms with Crippen LogP contribution in [0.4, 0.5) is 5.69 Å². The van der Waals surface area contributed by atoms with E-state index in [1.54, 1.807) is 31.2 Å². The highest BCUT2D eigenvalue weighted by Gasteiger charge is 2.15. The summed E-state index contributed by atoms with van der Waals surface area (Å²) in [6, 6.07) is 7.03. The van der Waals surface area contributed by atoms with Crippen molar-refractivity contribution < 1.29 is 29.1 Å². The van der Waals surface area contributed by atoms with Gasteiger partial charge in [-0.2, -0.15) is 0 Å². The molecule has 0 spiro atoms. The molecule has 0 unspecified atom stereocenters. The number of benzene rings is 1. The number of aliphatic carboxylic acids is 1. The summed E-state index contributed by atoms with van der Waals surface area (Å²) >= 11 is 0. The summed E-state index contributed by atoms with van der Waals surface area (Å²) in [6.07, 6.45) is 2.54. The number of hydrogen-bond donors (Lipinski definition) is 7. The molecule has 1 heterocycles. The van der Waals surface area contributed by atoms with E-state index in [1.807, 2.05) is 6.92 Å². The number of pyridine rings is 1. The van der Waals surface area contributed by atoms with Gasteiger partial charge in [0.2, 0.25) is 17.7 Å². The zero-order chi connectivity index (χ0) is 29.0. The van der Waals surface area contributed by atoms with Crippen molar-refractivity contribution in [1.82, 2.24) is 10.3 Å². The topological polar surface area (TPSA) is 259 Å². The molecule has 14 heteroatoms. The minimum Gasteiger partial charge on any atom is -0.481 e. The molecule has 0 aliphatic heterocycles. The third-order valence-corrected chi connectivity index (χ3v) is 3.62. The molecule has 0 aliphatic carbocycles. The van der Waals surface area contributed by atoms with Crippen molar-refractivity contribution in [2.75, 3.05) is 18.4 Å². The van der Waals surface area contributed by atoms with Crippen LogP contribution in [0.5, 0.6) is 0 Å². The fourth-order valence-corrected chi connectivity index (χ4v) is 2.09. The third-order valence-electron chi connectivity index (χ3n) is 3.62. The van der Waals surface area contributed by atoms with Gasteiger partial charge < -0.3 is 38.7 Å². The zero-order valence-corrected chi connectivity index (χ0v) is 21.4. The molecule has 2 aromatic rings. The highest BCUT2D eigenvalue weighted by molar-refractivity contribution is 6.11. The normalized spacial score (nSPS) is 8.97. The first-order valence-corrected chi connectivity index (χ1v) is 11.0. The molecule has 0 saturated carbocycles. The lowest BCUT2D eigenvalue weighted by atomic mass is 10.1. The van der Waals surface area contributed by atoms with Crippen LogP contribution in [0.15, 0.2) is 35.5 Å². The van der Waals surface area contributed by atoms with Crippen LogP contribution < -0.4 is 33.6 Å². The molecule has 1 aromatic heterocycles. The standard InChI is InChI=1S/C14H14N4O3.C4H11N3.C3H6O2.C2H5NO/c1-8(19)16-7-12(20)18-13-9-4-2-3-5-11(9)17-6-10(13)14(15)21;1-2-3-7-4(5)6;1-2-3(4)5;1-2(3)4/h2-6H,7H2,1H3,(H2,15,21)(H,16,19)(H,17,18,20);2-3H2,1H3,(H4,5,6,7);2H2,1H3,(H,4,5);1H3,(H2,3,4). The molecular formula is C23H36N8O6. The second-order valence-electron chi connectivity index (χ2n) is 7.05. The third kappa shape index (κ3) is 18.3. The van der Waals surface area contributed by atoms with Crippen LogP contribution in [-0.2, 0) is 19.2 Å². The Morgan fingerprint density at radius 1 is 1.00 bits per heavy atom. The second kappa shape index (κ2) is 19.5. The Morgan fingerprint density at radius 2 is 1.54 bits per heavy atom. The average Bonchev–Trinajstić information content (AvgIpc) is 2.81. The van der Waals surface area contributed by atoms with E-state index >= 15 is 0 Å². The largest absolute Gasteiger partial charge is 0.481 e. The van der Waals surface area contributed by atoms with Gasteiger partial charge in [0.05, 0.1) is 23.3 Å². The van der Waals surface area contributed by atoms with Crippen LogP contribution in [0.3, 0.4) is 0 Å². The lowest BCUT2D eigenvalue weighted by molar-refractivity contribution is -0.136. The van der Waals surface area contributed by atoms with Gasteiger partial charge in [-0.1, -0.05) is 32.0 Å². The van der Waals surface area contributed by atoms with Crippen molar-refractivity contribution >= 4 is 52.1 Å². The Morgan fingerprint density at radius 3 is 1.95 bits per heavy atom. The van der Waals surface area contributed by atoms with Gasteiger partial charge in [0, 0.05) is 38.4 Å². The molecule has 4 amide bonds. The molecule has 0 radical (unpaired) electrons. The van der Waals surface area contributed by atoms with Gasteiger partial charge in [-0.25, -0.2) is 0 Å². The highest BCUT2D eigenvalue weighted by Crippen LogP contribution is 2.25. The molecule has 1 aromatic carbocycles. The van der Waals surface area contributed by atoms with Crippen molar-refractivity contribution in [2.24, 2.45) is 27.9 Å². The molecule has 0 aliphatic rings. The number of nitrogens with one attached hydrogen (secondary N) is 2. The Kier molecular flexibility index (Phi) is 18.2. The number of primary amides is 2. The predicted molar refractivity (Wildman–Crippen MR) is 141 cm³/mol. The van der Waals surface area contributed by atoms with Crippen LogP contribution in [0.2, 0.25) is 0 Å². The fourth-order valence-electron chi connectivity index (χ4n) is 2.09. The minimum atomic E-state index is -0.745. The van der Waals surface area contributed by atoms with Crippen LogP contribution in [0, 0.1) is 0 Å². The van der Waals surface area contributed by atoms with Gasteiger partial charge in [0.25, 0.3) is 5.91 Å². The predicted octanol–water partition coefficient (Wildman–Crippen LogP) is 0.0507. The molecule has 0 fully saturated rings.